The summed E-state index contributed by atoms with van der Waals surface area (Å²) in [4.78, 5) is 25.1. The van der Waals surface area contributed by atoms with Gasteiger partial charge in [-0.15, -0.1) is 11.3 Å². The average Bonchev–Trinajstić information content (AvgIpc) is 3.17. The highest BCUT2D eigenvalue weighted by Crippen LogP contribution is 2.38. The second-order valence-corrected chi connectivity index (χ2v) is 8.68. The number of aromatic nitrogens is 2. The van der Waals surface area contributed by atoms with E-state index in [0.717, 1.165) is 20.7 Å². The van der Waals surface area contributed by atoms with Crippen LogP contribution in [-0.4, -0.2) is 40.4 Å². The van der Waals surface area contributed by atoms with Gasteiger partial charge in [-0.3, -0.25) is 4.79 Å². The van der Waals surface area contributed by atoms with Crippen LogP contribution >= 0.6 is 22.9 Å². The molecule has 0 bridgehead atoms. The lowest BCUT2D eigenvalue weighted by atomic mass is 10.0. The van der Waals surface area contributed by atoms with Crippen molar-refractivity contribution in [2.75, 3.05) is 25.0 Å². The highest BCUT2D eigenvalue weighted by Gasteiger charge is 2.25. The standard InChI is InChI=1S/C22H20ClFN6OS/c23-16-11-14(4-5-17(16)24)29-21-20-15-6-10-30(12-18(15)32-22(20)28-13-27-21)19(31)3-1-8-26-9-2-7-25/h1,3-5,11,13,26H,2,6,8-10,12H2,(H,27,28,29)/b3-1+. The van der Waals surface area contributed by atoms with Crippen LogP contribution in [0.3, 0.4) is 0 Å². The normalized spacial score (nSPS) is 13.3. The monoisotopic (exact) mass is 470 g/mol. The molecule has 3 aromatic rings. The van der Waals surface area contributed by atoms with Gasteiger partial charge in [-0.2, -0.15) is 5.26 Å². The quantitative estimate of drug-likeness (QED) is 0.397. The lowest BCUT2D eigenvalue weighted by Crippen LogP contribution is -2.34. The summed E-state index contributed by atoms with van der Waals surface area (Å²) >= 11 is 7.45. The molecule has 1 aliphatic heterocycles. The molecule has 3 heterocycles. The molecule has 0 unspecified atom stereocenters. The maximum atomic E-state index is 13.5. The molecule has 32 heavy (non-hydrogen) atoms. The molecule has 4 rings (SSSR count). The molecule has 1 aromatic carbocycles. The summed E-state index contributed by atoms with van der Waals surface area (Å²) in [5.74, 6) is 0.119. The molecule has 0 spiro atoms. The third-order valence-corrected chi connectivity index (χ3v) is 6.48. The Morgan fingerprint density at radius 1 is 1.41 bits per heavy atom. The zero-order chi connectivity index (χ0) is 22.5. The summed E-state index contributed by atoms with van der Waals surface area (Å²) < 4.78 is 13.5. The Kier molecular flexibility index (Phi) is 6.95. The molecule has 0 fully saturated rings. The summed E-state index contributed by atoms with van der Waals surface area (Å²) in [6.45, 7) is 2.27. The number of nitrogens with zero attached hydrogens (tertiary/aromatic N) is 4. The molecule has 1 aliphatic rings. The molecule has 2 N–H and O–H groups in total. The Balaban J connectivity index is 1.49. The van der Waals surface area contributed by atoms with Crippen LogP contribution < -0.4 is 10.6 Å². The van der Waals surface area contributed by atoms with Crippen molar-refractivity contribution in [3.63, 3.8) is 0 Å². The average molecular weight is 471 g/mol. The van der Waals surface area contributed by atoms with Gasteiger partial charge < -0.3 is 15.5 Å². The van der Waals surface area contributed by atoms with E-state index in [9.17, 15) is 9.18 Å². The minimum atomic E-state index is -0.477. The highest BCUT2D eigenvalue weighted by molar-refractivity contribution is 7.19. The van der Waals surface area contributed by atoms with Gasteiger partial charge in [0.25, 0.3) is 0 Å². The van der Waals surface area contributed by atoms with Crippen molar-refractivity contribution in [1.29, 1.82) is 5.26 Å². The molecule has 1 amide bonds. The van der Waals surface area contributed by atoms with E-state index in [1.54, 1.807) is 29.6 Å². The first-order chi connectivity index (χ1) is 15.6. The zero-order valence-electron chi connectivity index (χ0n) is 17.1. The van der Waals surface area contributed by atoms with E-state index in [-0.39, 0.29) is 10.9 Å². The molecule has 164 valence electrons. The number of fused-ring (bicyclic) bond motifs is 3. The summed E-state index contributed by atoms with van der Waals surface area (Å²) in [6.07, 6.45) is 5.98. The van der Waals surface area contributed by atoms with Crippen LogP contribution in [-0.2, 0) is 17.8 Å². The van der Waals surface area contributed by atoms with E-state index in [1.807, 2.05) is 4.90 Å². The van der Waals surface area contributed by atoms with Gasteiger partial charge in [0.2, 0.25) is 5.91 Å². The van der Waals surface area contributed by atoms with Crippen molar-refractivity contribution in [2.24, 2.45) is 0 Å². The number of nitriles is 1. The van der Waals surface area contributed by atoms with Gasteiger partial charge in [-0.25, -0.2) is 14.4 Å². The van der Waals surface area contributed by atoms with Crippen LogP contribution in [0.5, 0.6) is 0 Å². The van der Waals surface area contributed by atoms with E-state index in [2.05, 4.69) is 26.7 Å². The molecule has 0 radical (unpaired) electrons. The predicted octanol–water partition coefficient (Wildman–Crippen LogP) is 4.17. The number of rotatable bonds is 7. The Morgan fingerprint density at radius 3 is 3.09 bits per heavy atom. The van der Waals surface area contributed by atoms with Gasteiger partial charge in [0, 0.05) is 42.7 Å². The van der Waals surface area contributed by atoms with Crippen molar-refractivity contribution < 1.29 is 9.18 Å². The second-order valence-electron chi connectivity index (χ2n) is 7.18. The number of hydrogen-bond acceptors (Lipinski definition) is 7. The minimum absolute atomic E-state index is 0.0371. The SMILES string of the molecule is N#CCCNC/C=C/C(=O)N1CCc2c(sc3ncnc(Nc4ccc(F)c(Cl)c4)c23)C1. The van der Waals surface area contributed by atoms with Gasteiger partial charge in [0.15, 0.2) is 0 Å². The summed E-state index contributed by atoms with van der Waals surface area (Å²) in [5.41, 5.74) is 1.77. The highest BCUT2D eigenvalue weighted by atomic mass is 35.5. The minimum Gasteiger partial charge on any atom is -0.340 e. The lowest BCUT2D eigenvalue weighted by molar-refractivity contribution is -0.126. The fraction of sp³-hybridized carbons (Fsp3) is 0.273. The van der Waals surface area contributed by atoms with Crippen LogP contribution in [0.15, 0.2) is 36.7 Å². The molecule has 0 saturated carbocycles. The van der Waals surface area contributed by atoms with Gasteiger partial charge in [-0.05, 0) is 30.2 Å². The summed E-state index contributed by atoms with van der Waals surface area (Å²) in [7, 11) is 0. The molecular weight excluding hydrogens is 451 g/mol. The molecule has 7 nitrogen and oxygen atoms in total. The number of anilines is 2. The summed E-state index contributed by atoms with van der Waals surface area (Å²) in [6, 6.07) is 6.50. The number of nitrogens with one attached hydrogen (secondary N) is 2. The van der Waals surface area contributed by atoms with Gasteiger partial charge in [-0.1, -0.05) is 17.7 Å². The predicted molar refractivity (Wildman–Crippen MR) is 123 cm³/mol. The number of halogens is 2. The zero-order valence-corrected chi connectivity index (χ0v) is 18.6. The Morgan fingerprint density at radius 2 is 2.28 bits per heavy atom. The van der Waals surface area contributed by atoms with Gasteiger partial charge >= 0.3 is 0 Å². The number of hydrogen-bond donors (Lipinski definition) is 2. The number of carbonyl (C=O) groups excluding carboxylic acids is 1. The first-order valence-electron chi connectivity index (χ1n) is 10.1. The van der Waals surface area contributed by atoms with Crippen LogP contribution in [0.2, 0.25) is 5.02 Å². The smallest absolute Gasteiger partial charge is 0.246 e. The van der Waals surface area contributed by atoms with Crippen molar-refractivity contribution >= 4 is 50.6 Å². The molecule has 10 heteroatoms. The van der Waals surface area contributed by atoms with E-state index in [4.69, 9.17) is 16.9 Å². The largest absolute Gasteiger partial charge is 0.340 e. The Hall–Kier alpha value is -3.06. The topological polar surface area (TPSA) is 93.9 Å². The fourth-order valence-corrected chi connectivity index (χ4v) is 4.90. The maximum absolute atomic E-state index is 13.5. The molecular formula is C22H20ClFN6OS. The van der Waals surface area contributed by atoms with E-state index in [1.165, 1.54) is 18.5 Å². The van der Waals surface area contributed by atoms with Crippen molar-refractivity contribution in [3.8, 4) is 6.07 Å². The van der Waals surface area contributed by atoms with Crippen LogP contribution in [0.25, 0.3) is 10.2 Å². The van der Waals surface area contributed by atoms with Crippen LogP contribution in [0.1, 0.15) is 16.9 Å². The first kappa shape index (κ1) is 22.1. The lowest BCUT2D eigenvalue weighted by Gasteiger charge is -2.26. The number of amides is 1. The van der Waals surface area contributed by atoms with Gasteiger partial charge in [0.1, 0.15) is 22.8 Å². The first-order valence-corrected chi connectivity index (χ1v) is 11.3. The third-order valence-electron chi connectivity index (χ3n) is 5.07. The molecule has 0 aliphatic carbocycles. The van der Waals surface area contributed by atoms with Crippen molar-refractivity contribution in [1.82, 2.24) is 20.2 Å². The van der Waals surface area contributed by atoms with Crippen LogP contribution in [0, 0.1) is 17.1 Å². The molecule has 0 atom stereocenters. The van der Waals surface area contributed by atoms with Crippen molar-refractivity contribution in [2.45, 2.75) is 19.4 Å². The van der Waals surface area contributed by atoms with Crippen LogP contribution in [0.4, 0.5) is 15.9 Å². The van der Waals surface area contributed by atoms with E-state index >= 15 is 0 Å². The molecule has 0 saturated heterocycles. The number of benzene rings is 1. The van der Waals surface area contributed by atoms with E-state index < -0.39 is 5.82 Å². The second kappa shape index (κ2) is 10.0. The third kappa shape index (κ3) is 4.88. The van der Waals surface area contributed by atoms with E-state index in [0.29, 0.717) is 50.5 Å². The number of carbonyl (C=O) groups is 1. The maximum Gasteiger partial charge on any atom is 0.246 e. The van der Waals surface area contributed by atoms with Crippen molar-refractivity contribution in [3.05, 3.63) is 58.0 Å². The number of thiophene rings is 1. The Labute approximate surface area is 193 Å². The fourth-order valence-electron chi connectivity index (χ4n) is 3.52. The molecule has 2 aromatic heterocycles. The Bertz CT molecular complexity index is 1220. The van der Waals surface area contributed by atoms with Gasteiger partial charge in [0.05, 0.1) is 23.0 Å². The summed E-state index contributed by atoms with van der Waals surface area (Å²) in [5, 5.41) is 15.8.